The standard InChI is InChI=1S/C11H9ClFNO/c12-9-2-1-3-10(13)11(9)14-6-8-4-5-15-7-8/h1-5,7,14H,6H2. The minimum Gasteiger partial charge on any atom is -0.472 e. The number of anilines is 1. The van der Waals surface area contributed by atoms with Gasteiger partial charge in [0.25, 0.3) is 0 Å². The van der Waals surface area contributed by atoms with Crippen molar-refractivity contribution in [3.8, 4) is 0 Å². The maximum atomic E-state index is 13.3. The summed E-state index contributed by atoms with van der Waals surface area (Å²) >= 11 is 5.84. The molecule has 4 heteroatoms. The highest BCUT2D eigenvalue weighted by Crippen LogP contribution is 2.25. The number of hydrogen-bond acceptors (Lipinski definition) is 2. The number of halogens is 2. The van der Waals surface area contributed by atoms with Crippen LogP contribution in [0.1, 0.15) is 5.56 Å². The zero-order chi connectivity index (χ0) is 10.7. The molecule has 0 aliphatic carbocycles. The Bertz CT molecular complexity index is 422. The van der Waals surface area contributed by atoms with Crippen molar-refractivity contribution in [2.75, 3.05) is 5.32 Å². The van der Waals surface area contributed by atoms with Crippen LogP contribution in [-0.2, 0) is 6.54 Å². The van der Waals surface area contributed by atoms with Crippen LogP contribution < -0.4 is 5.32 Å². The van der Waals surface area contributed by atoms with Crippen LogP contribution in [0.3, 0.4) is 0 Å². The molecule has 0 saturated heterocycles. The number of rotatable bonds is 3. The quantitative estimate of drug-likeness (QED) is 0.862. The van der Waals surface area contributed by atoms with E-state index in [4.69, 9.17) is 16.0 Å². The summed E-state index contributed by atoms with van der Waals surface area (Å²) in [5, 5.41) is 3.29. The maximum absolute atomic E-state index is 13.3. The van der Waals surface area contributed by atoms with Gasteiger partial charge in [-0.05, 0) is 18.2 Å². The van der Waals surface area contributed by atoms with Gasteiger partial charge in [-0.25, -0.2) is 4.39 Å². The highest BCUT2D eigenvalue weighted by molar-refractivity contribution is 6.33. The Balaban J connectivity index is 2.11. The van der Waals surface area contributed by atoms with E-state index < -0.39 is 0 Å². The van der Waals surface area contributed by atoms with Gasteiger partial charge in [-0.3, -0.25) is 0 Å². The van der Waals surface area contributed by atoms with E-state index in [9.17, 15) is 4.39 Å². The minimum atomic E-state index is -0.356. The fourth-order valence-corrected chi connectivity index (χ4v) is 1.48. The van der Waals surface area contributed by atoms with Crippen molar-refractivity contribution >= 4 is 17.3 Å². The molecule has 0 saturated carbocycles. The summed E-state index contributed by atoms with van der Waals surface area (Å²) in [6.07, 6.45) is 3.17. The van der Waals surface area contributed by atoms with E-state index in [-0.39, 0.29) is 5.82 Å². The van der Waals surface area contributed by atoms with Gasteiger partial charge in [0.05, 0.1) is 23.2 Å². The first kappa shape index (κ1) is 10.1. The molecule has 0 bridgehead atoms. The lowest BCUT2D eigenvalue weighted by Crippen LogP contribution is -2.00. The van der Waals surface area contributed by atoms with Crippen LogP contribution in [0.2, 0.25) is 5.02 Å². The molecule has 1 N–H and O–H groups in total. The van der Waals surface area contributed by atoms with Crippen molar-refractivity contribution in [2.24, 2.45) is 0 Å². The van der Waals surface area contributed by atoms with Crippen molar-refractivity contribution in [1.29, 1.82) is 0 Å². The molecule has 2 nitrogen and oxygen atoms in total. The number of nitrogens with one attached hydrogen (secondary N) is 1. The first-order valence-electron chi connectivity index (χ1n) is 4.46. The molecule has 0 spiro atoms. The van der Waals surface area contributed by atoms with Crippen molar-refractivity contribution in [3.05, 3.63) is 53.2 Å². The molecule has 15 heavy (non-hydrogen) atoms. The van der Waals surface area contributed by atoms with E-state index in [2.05, 4.69) is 5.32 Å². The van der Waals surface area contributed by atoms with Gasteiger partial charge in [0.1, 0.15) is 5.82 Å². The fourth-order valence-electron chi connectivity index (χ4n) is 1.25. The lowest BCUT2D eigenvalue weighted by Gasteiger charge is -2.07. The molecule has 0 unspecified atom stereocenters. The molecule has 0 fully saturated rings. The number of furan rings is 1. The molecule has 1 heterocycles. The first-order chi connectivity index (χ1) is 7.27. The Labute approximate surface area is 91.7 Å². The second-order valence-electron chi connectivity index (χ2n) is 3.08. The van der Waals surface area contributed by atoms with E-state index in [1.165, 1.54) is 6.07 Å². The SMILES string of the molecule is Fc1cccc(Cl)c1NCc1ccoc1. The molecule has 2 aromatic rings. The highest BCUT2D eigenvalue weighted by atomic mass is 35.5. The third-order valence-corrected chi connectivity index (χ3v) is 2.33. The van der Waals surface area contributed by atoms with Crippen LogP contribution in [0.4, 0.5) is 10.1 Å². The van der Waals surface area contributed by atoms with Crippen molar-refractivity contribution in [1.82, 2.24) is 0 Å². The number of para-hydroxylation sites is 1. The van der Waals surface area contributed by atoms with Crippen LogP contribution in [0.15, 0.2) is 41.2 Å². The summed E-state index contributed by atoms with van der Waals surface area (Å²) in [5.74, 6) is -0.356. The smallest absolute Gasteiger partial charge is 0.147 e. The summed E-state index contributed by atoms with van der Waals surface area (Å²) in [4.78, 5) is 0. The first-order valence-corrected chi connectivity index (χ1v) is 4.84. The third-order valence-electron chi connectivity index (χ3n) is 2.01. The Morgan fingerprint density at radius 2 is 2.20 bits per heavy atom. The maximum Gasteiger partial charge on any atom is 0.147 e. The lowest BCUT2D eigenvalue weighted by molar-refractivity contribution is 0.564. The van der Waals surface area contributed by atoms with Gasteiger partial charge in [0.15, 0.2) is 0 Å². The second-order valence-corrected chi connectivity index (χ2v) is 3.49. The van der Waals surface area contributed by atoms with Gasteiger partial charge in [0, 0.05) is 12.1 Å². The van der Waals surface area contributed by atoms with Crippen LogP contribution in [0.25, 0.3) is 0 Å². The predicted molar refractivity (Wildman–Crippen MR) is 57.4 cm³/mol. The minimum absolute atomic E-state index is 0.320. The van der Waals surface area contributed by atoms with Crippen molar-refractivity contribution < 1.29 is 8.81 Å². The van der Waals surface area contributed by atoms with Crippen molar-refractivity contribution in [2.45, 2.75) is 6.54 Å². The molecular formula is C11H9ClFNO. The van der Waals surface area contributed by atoms with Crippen LogP contribution >= 0.6 is 11.6 Å². The molecule has 0 atom stereocenters. The monoisotopic (exact) mass is 225 g/mol. The average Bonchev–Trinajstić information content (AvgIpc) is 2.70. The average molecular weight is 226 g/mol. The largest absolute Gasteiger partial charge is 0.472 e. The van der Waals surface area contributed by atoms with Crippen molar-refractivity contribution in [3.63, 3.8) is 0 Å². The van der Waals surface area contributed by atoms with Gasteiger partial charge < -0.3 is 9.73 Å². The molecule has 0 aliphatic heterocycles. The molecular weight excluding hydrogens is 217 g/mol. The summed E-state index contributed by atoms with van der Waals surface area (Å²) < 4.78 is 18.2. The molecule has 0 radical (unpaired) electrons. The molecule has 78 valence electrons. The number of benzene rings is 1. The lowest BCUT2D eigenvalue weighted by atomic mass is 10.3. The zero-order valence-corrected chi connectivity index (χ0v) is 8.59. The second kappa shape index (κ2) is 4.36. The highest BCUT2D eigenvalue weighted by Gasteiger charge is 2.05. The van der Waals surface area contributed by atoms with E-state index in [1.807, 2.05) is 6.07 Å². The number of hydrogen-bond donors (Lipinski definition) is 1. The third kappa shape index (κ3) is 2.30. The van der Waals surface area contributed by atoms with Crippen LogP contribution in [-0.4, -0.2) is 0 Å². The molecule has 0 amide bonds. The van der Waals surface area contributed by atoms with Gasteiger partial charge in [-0.1, -0.05) is 17.7 Å². The molecule has 1 aromatic heterocycles. The van der Waals surface area contributed by atoms with E-state index in [0.717, 1.165) is 5.56 Å². The summed E-state index contributed by atoms with van der Waals surface area (Å²) in [5.41, 5.74) is 1.26. The van der Waals surface area contributed by atoms with E-state index in [0.29, 0.717) is 17.3 Å². The van der Waals surface area contributed by atoms with E-state index >= 15 is 0 Å². The van der Waals surface area contributed by atoms with Gasteiger partial charge in [-0.15, -0.1) is 0 Å². The fraction of sp³-hybridized carbons (Fsp3) is 0.0909. The Morgan fingerprint density at radius 1 is 1.33 bits per heavy atom. The normalized spacial score (nSPS) is 10.3. The van der Waals surface area contributed by atoms with Gasteiger partial charge >= 0.3 is 0 Å². The summed E-state index contributed by atoms with van der Waals surface area (Å²) in [6, 6.07) is 6.38. The zero-order valence-electron chi connectivity index (χ0n) is 7.84. The Morgan fingerprint density at radius 3 is 2.87 bits per heavy atom. The van der Waals surface area contributed by atoms with Gasteiger partial charge in [0.2, 0.25) is 0 Å². The molecule has 1 aromatic carbocycles. The van der Waals surface area contributed by atoms with E-state index in [1.54, 1.807) is 24.7 Å². The summed E-state index contributed by atoms with van der Waals surface area (Å²) in [7, 11) is 0. The Kier molecular flexibility index (Phi) is 2.92. The predicted octanol–water partition coefficient (Wildman–Crippen LogP) is 3.68. The molecule has 0 aliphatic rings. The Hall–Kier alpha value is -1.48. The van der Waals surface area contributed by atoms with Gasteiger partial charge in [-0.2, -0.15) is 0 Å². The molecule has 2 rings (SSSR count). The van der Waals surface area contributed by atoms with Crippen LogP contribution in [0.5, 0.6) is 0 Å². The van der Waals surface area contributed by atoms with Crippen LogP contribution in [0, 0.1) is 5.82 Å². The summed E-state index contributed by atoms with van der Waals surface area (Å²) in [6.45, 7) is 0.483. The topological polar surface area (TPSA) is 25.2 Å².